The molecule has 7 nitrogen and oxygen atoms in total. The first-order valence-electron chi connectivity index (χ1n) is 8.57. The van der Waals surface area contributed by atoms with Gasteiger partial charge in [0.15, 0.2) is 0 Å². The first-order chi connectivity index (χ1) is 11.7. The summed E-state index contributed by atoms with van der Waals surface area (Å²) in [5.41, 5.74) is 0. The van der Waals surface area contributed by atoms with Gasteiger partial charge in [0, 0.05) is 25.4 Å². The van der Waals surface area contributed by atoms with E-state index in [1.807, 2.05) is 4.90 Å². The summed E-state index contributed by atoms with van der Waals surface area (Å²) in [6.07, 6.45) is 9.05. The minimum Gasteiger partial charge on any atom is -0.467 e. The van der Waals surface area contributed by atoms with Gasteiger partial charge >= 0.3 is 0 Å². The van der Waals surface area contributed by atoms with Gasteiger partial charge < -0.3 is 14.4 Å². The SMILES string of the molecule is O=C(CCn1cncn1)N1CCCCCC1CC(O)c1ccco1. The zero-order valence-corrected chi connectivity index (χ0v) is 13.8. The molecule has 0 saturated carbocycles. The van der Waals surface area contributed by atoms with E-state index in [2.05, 4.69) is 10.1 Å². The zero-order chi connectivity index (χ0) is 16.8. The molecule has 3 heterocycles. The van der Waals surface area contributed by atoms with Gasteiger partial charge in [-0.15, -0.1) is 0 Å². The monoisotopic (exact) mass is 332 g/mol. The first kappa shape index (κ1) is 16.7. The molecule has 2 atom stereocenters. The van der Waals surface area contributed by atoms with Crippen molar-refractivity contribution in [3.63, 3.8) is 0 Å². The molecule has 1 saturated heterocycles. The Morgan fingerprint density at radius 1 is 1.42 bits per heavy atom. The third kappa shape index (κ3) is 4.23. The second-order valence-corrected chi connectivity index (χ2v) is 6.27. The maximum absolute atomic E-state index is 12.7. The van der Waals surface area contributed by atoms with E-state index in [4.69, 9.17) is 4.42 Å². The highest BCUT2D eigenvalue weighted by Gasteiger charge is 2.28. The lowest BCUT2D eigenvalue weighted by molar-refractivity contribution is -0.134. The molecule has 1 aliphatic rings. The quantitative estimate of drug-likeness (QED) is 0.876. The second-order valence-electron chi connectivity index (χ2n) is 6.27. The molecule has 1 fully saturated rings. The van der Waals surface area contributed by atoms with Crippen LogP contribution in [0.15, 0.2) is 35.5 Å². The van der Waals surface area contributed by atoms with E-state index in [0.29, 0.717) is 25.1 Å². The number of aromatic nitrogens is 3. The molecule has 1 amide bonds. The van der Waals surface area contributed by atoms with Crippen LogP contribution in [0.3, 0.4) is 0 Å². The molecule has 0 bridgehead atoms. The summed E-state index contributed by atoms with van der Waals surface area (Å²) >= 11 is 0. The molecule has 2 aromatic rings. The minimum atomic E-state index is -0.672. The van der Waals surface area contributed by atoms with E-state index in [9.17, 15) is 9.90 Å². The molecule has 0 aliphatic carbocycles. The molecule has 0 spiro atoms. The molecule has 1 aliphatic heterocycles. The van der Waals surface area contributed by atoms with E-state index in [-0.39, 0.29) is 11.9 Å². The Morgan fingerprint density at radius 2 is 2.33 bits per heavy atom. The fourth-order valence-corrected chi connectivity index (χ4v) is 3.31. The lowest BCUT2D eigenvalue weighted by Gasteiger charge is -2.31. The molecular weight excluding hydrogens is 308 g/mol. The summed E-state index contributed by atoms with van der Waals surface area (Å²) < 4.78 is 6.96. The van der Waals surface area contributed by atoms with Crippen molar-refractivity contribution in [1.29, 1.82) is 0 Å². The van der Waals surface area contributed by atoms with Gasteiger partial charge in [-0.3, -0.25) is 9.48 Å². The molecular formula is C17H24N4O3. The molecule has 3 rings (SSSR count). The van der Waals surface area contributed by atoms with Crippen LogP contribution in [0.25, 0.3) is 0 Å². The van der Waals surface area contributed by atoms with Crippen LogP contribution >= 0.6 is 0 Å². The number of hydrogen-bond donors (Lipinski definition) is 1. The third-order valence-electron chi connectivity index (χ3n) is 4.59. The van der Waals surface area contributed by atoms with Gasteiger partial charge in [-0.05, 0) is 25.0 Å². The highest BCUT2D eigenvalue weighted by molar-refractivity contribution is 5.76. The Bertz CT molecular complexity index is 612. The summed E-state index contributed by atoms with van der Waals surface area (Å²) in [7, 11) is 0. The molecule has 0 aromatic carbocycles. The van der Waals surface area contributed by atoms with Crippen molar-refractivity contribution in [2.45, 2.75) is 57.2 Å². The lowest BCUT2D eigenvalue weighted by Crippen LogP contribution is -2.41. The Hall–Kier alpha value is -2.15. The van der Waals surface area contributed by atoms with Crippen LogP contribution in [-0.4, -0.2) is 43.3 Å². The number of aliphatic hydroxyl groups excluding tert-OH is 1. The van der Waals surface area contributed by atoms with Crippen molar-refractivity contribution in [2.24, 2.45) is 0 Å². The van der Waals surface area contributed by atoms with Gasteiger partial charge in [0.1, 0.15) is 24.5 Å². The number of likely N-dealkylation sites (tertiary alicyclic amines) is 1. The van der Waals surface area contributed by atoms with Gasteiger partial charge in [-0.1, -0.05) is 12.8 Å². The molecule has 130 valence electrons. The van der Waals surface area contributed by atoms with E-state index in [1.54, 1.807) is 29.4 Å². The predicted molar refractivity (Wildman–Crippen MR) is 86.9 cm³/mol. The standard InChI is InChI=1S/C17H24N4O3/c22-15(16-6-4-10-24-16)11-14-5-2-1-3-8-21(14)17(23)7-9-20-13-18-12-19-20/h4,6,10,12-15,22H,1-3,5,7-9,11H2. The van der Waals surface area contributed by atoms with Crippen molar-refractivity contribution in [3.8, 4) is 0 Å². The van der Waals surface area contributed by atoms with Crippen LogP contribution in [0.5, 0.6) is 0 Å². The van der Waals surface area contributed by atoms with Gasteiger partial charge in [-0.25, -0.2) is 4.98 Å². The molecule has 7 heteroatoms. The van der Waals surface area contributed by atoms with E-state index in [1.165, 1.54) is 6.33 Å². The largest absolute Gasteiger partial charge is 0.467 e. The number of furan rings is 1. The summed E-state index contributed by atoms with van der Waals surface area (Å²) in [6.45, 7) is 1.29. The maximum Gasteiger partial charge on any atom is 0.224 e. The maximum atomic E-state index is 12.7. The fraction of sp³-hybridized carbons (Fsp3) is 0.588. The zero-order valence-electron chi connectivity index (χ0n) is 13.8. The normalized spacial score (nSPS) is 19.9. The summed E-state index contributed by atoms with van der Waals surface area (Å²) in [5, 5.41) is 14.4. The smallest absolute Gasteiger partial charge is 0.224 e. The fourth-order valence-electron chi connectivity index (χ4n) is 3.31. The van der Waals surface area contributed by atoms with Gasteiger partial charge in [0.2, 0.25) is 5.91 Å². The number of rotatable bonds is 6. The average Bonchev–Trinajstić information content (AvgIpc) is 3.24. The number of carbonyl (C=O) groups excluding carboxylic acids is 1. The number of aryl methyl sites for hydroxylation is 1. The lowest BCUT2D eigenvalue weighted by atomic mass is 10.0. The summed E-state index contributed by atoms with van der Waals surface area (Å²) in [4.78, 5) is 18.5. The minimum absolute atomic E-state index is 0.0517. The average molecular weight is 332 g/mol. The topological polar surface area (TPSA) is 84.4 Å². The highest BCUT2D eigenvalue weighted by Crippen LogP contribution is 2.27. The van der Waals surface area contributed by atoms with Crippen LogP contribution in [0.4, 0.5) is 0 Å². The van der Waals surface area contributed by atoms with Crippen molar-refractivity contribution < 1.29 is 14.3 Å². The number of carbonyl (C=O) groups is 1. The third-order valence-corrected chi connectivity index (χ3v) is 4.59. The molecule has 0 radical (unpaired) electrons. The van der Waals surface area contributed by atoms with Crippen LogP contribution in [-0.2, 0) is 11.3 Å². The Labute approximate surface area is 141 Å². The van der Waals surface area contributed by atoms with Crippen molar-refractivity contribution >= 4 is 5.91 Å². The van der Waals surface area contributed by atoms with Crippen molar-refractivity contribution in [2.75, 3.05) is 6.54 Å². The van der Waals surface area contributed by atoms with Crippen LogP contribution in [0.1, 0.15) is 50.4 Å². The number of nitrogens with zero attached hydrogens (tertiary/aromatic N) is 4. The van der Waals surface area contributed by atoms with Crippen molar-refractivity contribution in [1.82, 2.24) is 19.7 Å². The Kier molecular flexibility index (Phi) is 5.63. The number of hydrogen-bond acceptors (Lipinski definition) is 5. The van der Waals surface area contributed by atoms with E-state index < -0.39 is 6.10 Å². The number of amides is 1. The van der Waals surface area contributed by atoms with Gasteiger partial charge in [0.05, 0.1) is 12.8 Å². The molecule has 1 N–H and O–H groups in total. The summed E-state index contributed by atoms with van der Waals surface area (Å²) in [6, 6.07) is 3.60. The van der Waals surface area contributed by atoms with E-state index in [0.717, 1.165) is 32.2 Å². The Morgan fingerprint density at radius 3 is 3.08 bits per heavy atom. The molecule has 2 aromatic heterocycles. The van der Waals surface area contributed by atoms with Crippen LogP contribution in [0.2, 0.25) is 0 Å². The molecule has 24 heavy (non-hydrogen) atoms. The number of aliphatic hydroxyl groups is 1. The van der Waals surface area contributed by atoms with E-state index >= 15 is 0 Å². The Balaban J connectivity index is 1.61. The first-order valence-corrected chi connectivity index (χ1v) is 8.57. The second kappa shape index (κ2) is 8.10. The van der Waals surface area contributed by atoms with Gasteiger partial charge in [0.25, 0.3) is 0 Å². The van der Waals surface area contributed by atoms with Crippen LogP contribution < -0.4 is 0 Å². The highest BCUT2D eigenvalue weighted by atomic mass is 16.4. The van der Waals surface area contributed by atoms with Crippen LogP contribution in [0, 0.1) is 0 Å². The predicted octanol–water partition coefficient (Wildman–Crippen LogP) is 2.16. The van der Waals surface area contributed by atoms with Gasteiger partial charge in [-0.2, -0.15) is 5.10 Å². The van der Waals surface area contributed by atoms with Crippen molar-refractivity contribution in [3.05, 3.63) is 36.8 Å². The summed E-state index contributed by atoms with van der Waals surface area (Å²) in [5.74, 6) is 0.679. The molecule has 2 unspecified atom stereocenters.